The average molecular weight is 507 g/mol. The molecule has 0 spiro atoms. The van der Waals surface area contributed by atoms with Crippen LogP contribution in [0.25, 0.3) is 22.3 Å². The fourth-order valence-electron chi connectivity index (χ4n) is 4.58. The van der Waals surface area contributed by atoms with Crippen LogP contribution in [0.3, 0.4) is 0 Å². The molecule has 0 aromatic heterocycles. The number of hydrogen-bond donors (Lipinski definition) is 1. The lowest BCUT2D eigenvalue weighted by Crippen LogP contribution is -2.12. The van der Waals surface area contributed by atoms with Gasteiger partial charge in [-0.15, -0.1) is 0 Å². The van der Waals surface area contributed by atoms with Crippen LogP contribution in [0.1, 0.15) is 63.9 Å². The van der Waals surface area contributed by atoms with Crippen molar-refractivity contribution in [3.05, 3.63) is 120 Å². The Morgan fingerprint density at radius 3 is 1.39 bits per heavy atom. The van der Waals surface area contributed by atoms with Gasteiger partial charge in [-0.3, -0.25) is 0 Å². The van der Waals surface area contributed by atoms with Crippen molar-refractivity contribution >= 4 is 0 Å². The minimum Gasteiger partial charge on any atom is -0.388 e. The summed E-state index contributed by atoms with van der Waals surface area (Å²) in [7, 11) is 0. The first-order valence-corrected chi connectivity index (χ1v) is 14.0. The number of ether oxygens (including phenoxy) is 1. The predicted octanol–water partition coefficient (Wildman–Crippen LogP) is 9.52. The summed E-state index contributed by atoms with van der Waals surface area (Å²) >= 11 is 0. The standard InChI is InChI=1S/C20H24O.C16H18O/c1-15(2)20(21-14-16-8-9-16)19-12-10-18(11-13-19)17-6-4-3-5-7-17;1-12(2)16(17)15-10-8-14(9-11-15)13-6-4-3-5-7-13/h3-7,10-13,15-16,20H,8-9,14H2,1-2H3;3-12,16-17H,1-2H3/t20-;16-/m00/s1. The van der Waals surface area contributed by atoms with Crippen molar-refractivity contribution in [2.24, 2.45) is 17.8 Å². The molecule has 4 aromatic rings. The van der Waals surface area contributed by atoms with Crippen LogP contribution in [0.15, 0.2) is 109 Å². The van der Waals surface area contributed by atoms with Crippen molar-refractivity contribution in [1.29, 1.82) is 0 Å². The van der Waals surface area contributed by atoms with Crippen LogP contribution in [0.5, 0.6) is 0 Å². The summed E-state index contributed by atoms with van der Waals surface area (Å²) in [6.07, 6.45) is 2.53. The summed E-state index contributed by atoms with van der Waals surface area (Å²) in [6.45, 7) is 9.44. The quantitative estimate of drug-likeness (QED) is 0.245. The van der Waals surface area contributed by atoms with E-state index in [1.165, 1.54) is 40.7 Å². The van der Waals surface area contributed by atoms with Crippen molar-refractivity contribution in [1.82, 2.24) is 0 Å². The third-order valence-electron chi connectivity index (χ3n) is 7.15. The molecule has 0 aliphatic heterocycles. The maximum Gasteiger partial charge on any atom is 0.0847 e. The van der Waals surface area contributed by atoms with Crippen LogP contribution in [0, 0.1) is 17.8 Å². The van der Waals surface area contributed by atoms with Crippen molar-refractivity contribution < 1.29 is 9.84 Å². The highest BCUT2D eigenvalue weighted by molar-refractivity contribution is 5.64. The second-order valence-electron chi connectivity index (χ2n) is 11.1. The van der Waals surface area contributed by atoms with E-state index >= 15 is 0 Å². The van der Waals surface area contributed by atoms with Crippen LogP contribution in [-0.2, 0) is 4.74 Å². The molecule has 2 nitrogen and oxygen atoms in total. The molecule has 4 aromatic carbocycles. The van der Waals surface area contributed by atoms with E-state index in [1.54, 1.807) is 0 Å². The van der Waals surface area contributed by atoms with Gasteiger partial charge in [0, 0.05) is 0 Å². The molecular formula is C36H42O2. The van der Waals surface area contributed by atoms with E-state index in [-0.39, 0.29) is 18.1 Å². The van der Waals surface area contributed by atoms with Gasteiger partial charge in [-0.05, 0) is 64.0 Å². The molecule has 0 heterocycles. The molecule has 1 N–H and O–H groups in total. The zero-order valence-corrected chi connectivity index (χ0v) is 23.3. The monoisotopic (exact) mass is 506 g/mol. The highest BCUT2D eigenvalue weighted by Crippen LogP contribution is 2.34. The molecule has 0 radical (unpaired) electrons. The predicted molar refractivity (Wildman–Crippen MR) is 160 cm³/mol. The minimum atomic E-state index is -0.375. The van der Waals surface area contributed by atoms with Gasteiger partial charge in [0.1, 0.15) is 0 Å². The Balaban J connectivity index is 0.000000181. The van der Waals surface area contributed by atoms with Gasteiger partial charge in [-0.1, -0.05) is 137 Å². The van der Waals surface area contributed by atoms with Gasteiger partial charge in [-0.2, -0.15) is 0 Å². The Hall–Kier alpha value is -3.20. The van der Waals surface area contributed by atoms with E-state index < -0.39 is 0 Å². The topological polar surface area (TPSA) is 29.5 Å². The van der Waals surface area contributed by atoms with Gasteiger partial charge in [0.2, 0.25) is 0 Å². The summed E-state index contributed by atoms with van der Waals surface area (Å²) < 4.78 is 6.16. The number of aliphatic hydroxyl groups is 1. The Bertz CT molecular complexity index is 1210. The zero-order chi connectivity index (χ0) is 26.9. The fraction of sp³-hybridized carbons (Fsp3) is 0.333. The van der Waals surface area contributed by atoms with Crippen LogP contribution < -0.4 is 0 Å². The molecule has 1 aliphatic rings. The number of hydrogen-bond acceptors (Lipinski definition) is 2. The third-order valence-corrected chi connectivity index (χ3v) is 7.15. The van der Waals surface area contributed by atoms with Crippen molar-refractivity contribution in [2.45, 2.75) is 52.7 Å². The van der Waals surface area contributed by atoms with Crippen LogP contribution in [0.4, 0.5) is 0 Å². The molecule has 38 heavy (non-hydrogen) atoms. The molecule has 2 atom stereocenters. The SMILES string of the molecule is CC(C)[C@H](O)c1ccc(-c2ccccc2)cc1.CC(C)[C@H](OCC1CC1)c1ccc(-c2ccccc2)cc1. The average Bonchev–Trinajstić information content (AvgIpc) is 3.79. The van der Waals surface area contributed by atoms with Gasteiger partial charge >= 0.3 is 0 Å². The summed E-state index contributed by atoms with van der Waals surface area (Å²) in [5.74, 6) is 1.57. The highest BCUT2D eigenvalue weighted by atomic mass is 16.5. The summed E-state index contributed by atoms with van der Waals surface area (Å²) in [4.78, 5) is 0. The number of aliphatic hydroxyl groups excluding tert-OH is 1. The van der Waals surface area contributed by atoms with Crippen LogP contribution in [-0.4, -0.2) is 11.7 Å². The third kappa shape index (κ3) is 7.90. The van der Waals surface area contributed by atoms with Crippen LogP contribution in [0.2, 0.25) is 0 Å². The fourth-order valence-corrected chi connectivity index (χ4v) is 4.58. The van der Waals surface area contributed by atoms with Crippen LogP contribution >= 0.6 is 0 Å². The Morgan fingerprint density at radius 2 is 1.00 bits per heavy atom. The number of benzene rings is 4. The molecule has 0 amide bonds. The summed E-state index contributed by atoms with van der Waals surface area (Å²) in [5, 5.41) is 9.96. The smallest absolute Gasteiger partial charge is 0.0847 e. The van der Waals surface area contributed by atoms with Gasteiger partial charge in [-0.25, -0.2) is 0 Å². The first-order chi connectivity index (χ1) is 18.4. The maximum absolute atomic E-state index is 9.96. The van der Waals surface area contributed by atoms with E-state index in [0.717, 1.165) is 18.1 Å². The first kappa shape index (κ1) is 27.8. The maximum atomic E-state index is 9.96. The Labute approximate surface area is 229 Å². The molecule has 1 fully saturated rings. The second-order valence-corrected chi connectivity index (χ2v) is 11.1. The Kier molecular flexibility index (Phi) is 9.92. The van der Waals surface area contributed by atoms with E-state index in [2.05, 4.69) is 92.7 Å². The molecule has 1 aliphatic carbocycles. The molecule has 0 unspecified atom stereocenters. The molecule has 0 saturated heterocycles. The summed E-state index contributed by atoms with van der Waals surface area (Å²) in [5.41, 5.74) is 7.21. The van der Waals surface area contributed by atoms with Gasteiger partial charge in [0.05, 0.1) is 18.8 Å². The zero-order valence-electron chi connectivity index (χ0n) is 23.3. The van der Waals surface area contributed by atoms with Gasteiger partial charge in [0.25, 0.3) is 0 Å². The molecule has 5 rings (SSSR count). The van der Waals surface area contributed by atoms with Gasteiger partial charge in [0.15, 0.2) is 0 Å². The normalized spacial score (nSPS) is 14.6. The molecule has 1 saturated carbocycles. The van der Waals surface area contributed by atoms with Crippen molar-refractivity contribution in [3.63, 3.8) is 0 Å². The van der Waals surface area contributed by atoms with Crippen molar-refractivity contribution in [2.75, 3.05) is 6.61 Å². The molecule has 2 heteroatoms. The molecule has 198 valence electrons. The van der Waals surface area contributed by atoms with E-state index in [4.69, 9.17) is 4.74 Å². The van der Waals surface area contributed by atoms with Crippen molar-refractivity contribution in [3.8, 4) is 22.3 Å². The first-order valence-electron chi connectivity index (χ1n) is 14.0. The van der Waals surface area contributed by atoms with E-state index in [0.29, 0.717) is 5.92 Å². The minimum absolute atomic E-state index is 0.218. The largest absolute Gasteiger partial charge is 0.388 e. The lowest BCUT2D eigenvalue weighted by Gasteiger charge is -2.22. The Morgan fingerprint density at radius 1 is 0.579 bits per heavy atom. The second kappa shape index (κ2) is 13.6. The van der Waals surface area contributed by atoms with Gasteiger partial charge < -0.3 is 9.84 Å². The lowest BCUT2D eigenvalue weighted by atomic mass is 9.96. The highest BCUT2D eigenvalue weighted by Gasteiger charge is 2.25. The summed E-state index contributed by atoms with van der Waals surface area (Å²) in [6, 6.07) is 37.8. The number of rotatable bonds is 9. The molecular weight excluding hydrogens is 464 g/mol. The molecule has 0 bridgehead atoms. The lowest BCUT2D eigenvalue weighted by molar-refractivity contribution is 0.0147. The van der Waals surface area contributed by atoms with E-state index in [9.17, 15) is 5.11 Å². The van der Waals surface area contributed by atoms with E-state index in [1.807, 2.05) is 44.2 Å².